The second-order valence-electron chi connectivity index (χ2n) is 7.36. The fraction of sp³-hybridized carbons (Fsp3) is 0.579. The molecule has 0 radical (unpaired) electrons. The first-order valence-electron chi connectivity index (χ1n) is 9.80. The van der Waals surface area contributed by atoms with Crippen LogP contribution in [-0.4, -0.2) is 58.0 Å². The fourth-order valence-corrected chi connectivity index (χ4v) is 3.80. The van der Waals surface area contributed by atoms with Gasteiger partial charge in [0, 0.05) is 31.6 Å². The third-order valence-corrected chi connectivity index (χ3v) is 5.39. The average molecular weight is 387 g/mol. The molecule has 9 nitrogen and oxygen atoms in total. The predicted molar refractivity (Wildman–Crippen MR) is 100 cm³/mol. The van der Waals surface area contributed by atoms with Crippen molar-refractivity contribution in [3.8, 4) is 0 Å². The van der Waals surface area contributed by atoms with E-state index in [1.165, 1.54) is 6.20 Å². The highest BCUT2D eigenvalue weighted by Gasteiger charge is 2.30. The lowest BCUT2D eigenvalue weighted by atomic mass is 9.88. The van der Waals surface area contributed by atoms with Gasteiger partial charge in [-0.15, -0.1) is 0 Å². The Hall–Kier alpha value is -2.68. The molecule has 2 aromatic rings. The Labute approximate surface area is 163 Å². The van der Waals surface area contributed by atoms with Crippen LogP contribution in [0.25, 0.3) is 0 Å². The monoisotopic (exact) mass is 387 g/mol. The van der Waals surface area contributed by atoms with Crippen molar-refractivity contribution in [3.63, 3.8) is 0 Å². The van der Waals surface area contributed by atoms with Crippen molar-refractivity contribution >= 4 is 17.5 Å². The summed E-state index contributed by atoms with van der Waals surface area (Å²) in [4.78, 5) is 27.6. The van der Waals surface area contributed by atoms with E-state index >= 15 is 0 Å². The molecule has 1 aliphatic carbocycles. The summed E-state index contributed by atoms with van der Waals surface area (Å²) >= 11 is 0. The summed E-state index contributed by atoms with van der Waals surface area (Å²) in [6.07, 6.45) is 4.12. The van der Waals surface area contributed by atoms with Crippen LogP contribution in [0.2, 0.25) is 0 Å². The summed E-state index contributed by atoms with van der Waals surface area (Å²) in [5.41, 5.74) is 1.95. The van der Waals surface area contributed by atoms with Gasteiger partial charge in [0.25, 0.3) is 11.8 Å². The van der Waals surface area contributed by atoms with E-state index < -0.39 is 0 Å². The average Bonchev–Trinajstić information content (AvgIpc) is 3.31. The van der Waals surface area contributed by atoms with Gasteiger partial charge in [-0.1, -0.05) is 12.1 Å². The lowest BCUT2D eigenvalue weighted by Gasteiger charge is -2.27. The Morgan fingerprint density at radius 1 is 1.32 bits per heavy atom. The van der Waals surface area contributed by atoms with Crippen LogP contribution in [0.3, 0.4) is 0 Å². The molecule has 2 amide bonds. The maximum atomic E-state index is 13.0. The molecule has 1 fully saturated rings. The van der Waals surface area contributed by atoms with Crippen LogP contribution >= 0.6 is 0 Å². The maximum absolute atomic E-state index is 13.0. The number of aryl methyl sites for hydroxylation is 2. The highest BCUT2D eigenvalue weighted by molar-refractivity contribution is 6.08. The summed E-state index contributed by atoms with van der Waals surface area (Å²) < 4.78 is 12.3. The summed E-state index contributed by atoms with van der Waals surface area (Å²) in [5.74, 6) is 0.747. The van der Waals surface area contributed by atoms with Gasteiger partial charge >= 0.3 is 0 Å². The SMILES string of the molecule is CCn1ncc(NC(=O)c2noc3c2CC(C)CC3)c1C(=O)N1CCOCC1. The van der Waals surface area contributed by atoms with Gasteiger partial charge < -0.3 is 19.5 Å². The van der Waals surface area contributed by atoms with Gasteiger partial charge in [0.1, 0.15) is 11.5 Å². The number of fused-ring (bicyclic) bond motifs is 1. The first kappa shape index (κ1) is 18.7. The number of nitrogens with zero attached hydrogens (tertiary/aromatic N) is 4. The molecule has 1 aliphatic heterocycles. The molecule has 1 atom stereocenters. The van der Waals surface area contributed by atoms with Crippen LogP contribution < -0.4 is 5.32 Å². The molecule has 3 heterocycles. The summed E-state index contributed by atoms with van der Waals surface area (Å²) in [5, 5.41) is 11.1. The Kier molecular flexibility index (Phi) is 5.17. The molecule has 1 unspecified atom stereocenters. The number of nitrogens with one attached hydrogen (secondary N) is 1. The topological polar surface area (TPSA) is 102 Å². The second kappa shape index (κ2) is 7.75. The zero-order valence-electron chi connectivity index (χ0n) is 16.2. The fourth-order valence-electron chi connectivity index (χ4n) is 3.80. The molecule has 0 spiro atoms. The third-order valence-electron chi connectivity index (χ3n) is 5.39. The van der Waals surface area contributed by atoms with E-state index in [2.05, 4.69) is 22.5 Å². The molecule has 4 rings (SSSR count). The second-order valence-corrected chi connectivity index (χ2v) is 7.36. The molecular weight excluding hydrogens is 362 g/mol. The van der Waals surface area contributed by atoms with Crippen molar-refractivity contribution in [3.05, 3.63) is 28.9 Å². The smallest absolute Gasteiger partial charge is 0.278 e. The van der Waals surface area contributed by atoms with Gasteiger partial charge in [0.2, 0.25) is 0 Å². The number of carbonyl (C=O) groups is 2. The van der Waals surface area contributed by atoms with Crippen LogP contribution in [0.4, 0.5) is 5.69 Å². The van der Waals surface area contributed by atoms with Gasteiger partial charge in [-0.3, -0.25) is 14.3 Å². The highest BCUT2D eigenvalue weighted by atomic mass is 16.5. The lowest BCUT2D eigenvalue weighted by molar-refractivity contribution is 0.0295. The minimum atomic E-state index is -0.370. The molecule has 28 heavy (non-hydrogen) atoms. The van der Waals surface area contributed by atoms with Crippen molar-refractivity contribution in [2.24, 2.45) is 5.92 Å². The van der Waals surface area contributed by atoms with Crippen LogP contribution in [-0.2, 0) is 24.1 Å². The molecule has 1 saturated heterocycles. The van der Waals surface area contributed by atoms with Gasteiger partial charge in [-0.25, -0.2) is 0 Å². The molecule has 1 N–H and O–H groups in total. The predicted octanol–water partition coefficient (Wildman–Crippen LogP) is 1.74. The first-order chi connectivity index (χ1) is 13.6. The Morgan fingerprint density at radius 2 is 2.11 bits per heavy atom. The van der Waals surface area contributed by atoms with Gasteiger partial charge in [0.05, 0.1) is 25.1 Å². The number of morpholine rings is 1. The van der Waals surface area contributed by atoms with Crippen LogP contribution in [0.15, 0.2) is 10.7 Å². The standard InChI is InChI=1S/C19H25N5O4/c1-3-24-17(19(26)23-6-8-27-9-7-23)14(11-20-24)21-18(25)16-13-10-12(2)4-5-15(13)28-22-16/h11-12H,3-10H2,1-2H3,(H,21,25). The largest absolute Gasteiger partial charge is 0.378 e. The van der Waals surface area contributed by atoms with Gasteiger partial charge in [-0.2, -0.15) is 5.10 Å². The third kappa shape index (κ3) is 3.42. The zero-order valence-corrected chi connectivity index (χ0v) is 16.2. The van der Waals surface area contributed by atoms with E-state index in [1.54, 1.807) is 9.58 Å². The number of hydrogen-bond acceptors (Lipinski definition) is 6. The molecule has 2 aliphatic rings. The quantitative estimate of drug-likeness (QED) is 0.857. The summed E-state index contributed by atoms with van der Waals surface area (Å²) in [6.45, 7) is 6.66. The normalized spacial score (nSPS) is 19.4. The zero-order chi connectivity index (χ0) is 19.7. The van der Waals surface area contributed by atoms with Crippen molar-refractivity contribution < 1.29 is 18.8 Å². The number of rotatable bonds is 4. The van der Waals surface area contributed by atoms with Crippen LogP contribution in [0.5, 0.6) is 0 Å². The first-order valence-corrected chi connectivity index (χ1v) is 9.80. The maximum Gasteiger partial charge on any atom is 0.278 e. The molecule has 0 aromatic carbocycles. The van der Waals surface area contributed by atoms with Crippen molar-refractivity contribution in [2.75, 3.05) is 31.6 Å². The Balaban J connectivity index is 1.58. The molecule has 150 valence electrons. The van der Waals surface area contributed by atoms with Gasteiger partial charge in [-0.05, 0) is 25.7 Å². The van der Waals surface area contributed by atoms with E-state index in [0.717, 1.165) is 30.6 Å². The number of anilines is 1. The molecular formula is C19H25N5O4. The Bertz CT molecular complexity index is 881. The van der Waals surface area contributed by atoms with Crippen molar-refractivity contribution in [2.45, 2.75) is 39.7 Å². The van der Waals surface area contributed by atoms with E-state index in [1.807, 2.05) is 6.92 Å². The number of amides is 2. The molecule has 0 saturated carbocycles. The van der Waals surface area contributed by atoms with Crippen LogP contribution in [0.1, 0.15) is 52.6 Å². The Morgan fingerprint density at radius 3 is 2.86 bits per heavy atom. The minimum Gasteiger partial charge on any atom is -0.378 e. The van der Waals surface area contributed by atoms with Crippen molar-refractivity contribution in [1.29, 1.82) is 0 Å². The van der Waals surface area contributed by atoms with E-state index in [9.17, 15) is 9.59 Å². The minimum absolute atomic E-state index is 0.159. The molecule has 2 aromatic heterocycles. The summed E-state index contributed by atoms with van der Waals surface area (Å²) in [7, 11) is 0. The number of carbonyl (C=O) groups excluding carboxylic acids is 2. The van der Waals surface area contributed by atoms with E-state index in [0.29, 0.717) is 55.8 Å². The van der Waals surface area contributed by atoms with E-state index in [-0.39, 0.29) is 11.8 Å². The number of aromatic nitrogens is 3. The van der Waals surface area contributed by atoms with Crippen LogP contribution in [0, 0.1) is 5.92 Å². The van der Waals surface area contributed by atoms with E-state index in [4.69, 9.17) is 9.26 Å². The highest BCUT2D eigenvalue weighted by Crippen LogP contribution is 2.28. The number of ether oxygens (including phenoxy) is 1. The molecule has 0 bridgehead atoms. The summed E-state index contributed by atoms with van der Waals surface area (Å²) in [6, 6.07) is 0. The van der Waals surface area contributed by atoms with Gasteiger partial charge in [0.15, 0.2) is 5.69 Å². The number of hydrogen-bond donors (Lipinski definition) is 1. The van der Waals surface area contributed by atoms with Crippen molar-refractivity contribution in [1.82, 2.24) is 19.8 Å². The lowest BCUT2D eigenvalue weighted by Crippen LogP contribution is -2.41. The molecule has 9 heteroatoms.